The Balaban J connectivity index is 1.48. The van der Waals surface area contributed by atoms with Crippen LogP contribution >= 0.6 is 0 Å². The average Bonchev–Trinajstić information content (AvgIpc) is 2.80. The number of para-hydroxylation sites is 1. The second kappa shape index (κ2) is 10.8. The normalized spacial score (nSPS) is 25.9. The van der Waals surface area contributed by atoms with Gasteiger partial charge in [0.05, 0.1) is 12.8 Å². The maximum absolute atomic E-state index is 11.8. The highest BCUT2D eigenvalue weighted by atomic mass is 16.7. The van der Waals surface area contributed by atoms with Crippen molar-refractivity contribution in [3.05, 3.63) is 60.2 Å². The SMILES string of the molecule is O=C(COc1ccccc1)N/N=C\c1ccc(O[C@@H]2O[C@@H](CO)[C@H](O)[C@@H](O)[C@@H]2O)cc1. The van der Waals surface area contributed by atoms with Gasteiger partial charge >= 0.3 is 0 Å². The van der Waals surface area contributed by atoms with Gasteiger partial charge < -0.3 is 34.6 Å². The zero-order valence-electron chi connectivity index (χ0n) is 16.4. The van der Waals surface area contributed by atoms with E-state index in [0.29, 0.717) is 17.1 Å². The van der Waals surface area contributed by atoms with Gasteiger partial charge in [0.1, 0.15) is 35.9 Å². The number of carbonyl (C=O) groups is 1. The zero-order valence-corrected chi connectivity index (χ0v) is 16.4. The summed E-state index contributed by atoms with van der Waals surface area (Å²) in [7, 11) is 0. The highest BCUT2D eigenvalue weighted by Crippen LogP contribution is 2.24. The summed E-state index contributed by atoms with van der Waals surface area (Å²) < 4.78 is 16.1. The van der Waals surface area contributed by atoms with E-state index in [1.54, 1.807) is 48.5 Å². The van der Waals surface area contributed by atoms with Crippen LogP contribution in [0.4, 0.5) is 0 Å². The van der Waals surface area contributed by atoms with Gasteiger partial charge in [-0.1, -0.05) is 18.2 Å². The number of carbonyl (C=O) groups excluding carboxylic acids is 1. The average molecular weight is 432 g/mol. The molecule has 2 aromatic rings. The molecule has 0 unspecified atom stereocenters. The Morgan fingerprint density at radius 3 is 2.39 bits per heavy atom. The van der Waals surface area contributed by atoms with Crippen molar-refractivity contribution in [2.24, 2.45) is 5.10 Å². The predicted octanol–water partition coefficient (Wildman–Crippen LogP) is -0.606. The van der Waals surface area contributed by atoms with Crippen molar-refractivity contribution < 1.29 is 39.4 Å². The van der Waals surface area contributed by atoms with Crippen LogP contribution < -0.4 is 14.9 Å². The first-order valence-electron chi connectivity index (χ1n) is 9.55. The van der Waals surface area contributed by atoms with E-state index >= 15 is 0 Å². The van der Waals surface area contributed by atoms with Crippen LogP contribution in [-0.4, -0.2) is 76.5 Å². The van der Waals surface area contributed by atoms with Crippen molar-refractivity contribution in [1.29, 1.82) is 0 Å². The van der Waals surface area contributed by atoms with Gasteiger partial charge in [0.15, 0.2) is 6.61 Å². The predicted molar refractivity (Wildman–Crippen MR) is 109 cm³/mol. The molecular weight excluding hydrogens is 408 g/mol. The summed E-state index contributed by atoms with van der Waals surface area (Å²) in [6.45, 7) is -0.713. The molecule has 1 aliphatic rings. The standard InChI is InChI=1S/C21H24N2O8/c24-11-16-18(26)19(27)20(28)21(31-16)30-15-8-6-13(7-9-15)10-22-23-17(25)12-29-14-4-2-1-3-5-14/h1-10,16,18-21,24,26-28H,11-12H2,(H,23,25)/b22-10-/t16-,18-,19+,20-,21+/m0/s1. The second-order valence-corrected chi connectivity index (χ2v) is 6.78. The van der Waals surface area contributed by atoms with Crippen LogP contribution in [0.15, 0.2) is 59.7 Å². The molecule has 5 atom stereocenters. The van der Waals surface area contributed by atoms with Gasteiger partial charge in [0, 0.05) is 0 Å². The molecule has 0 aromatic heterocycles. The Morgan fingerprint density at radius 1 is 1.00 bits per heavy atom. The maximum atomic E-state index is 11.8. The smallest absolute Gasteiger partial charge is 0.277 e. The minimum absolute atomic E-state index is 0.173. The molecule has 3 rings (SSSR count). The molecule has 1 heterocycles. The summed E-state index contributed by atoms with van der Waals surface area (Å²) in [5, 5.41) is 42.7. The molecule has 10 heteroatoms. The van der Waals surface area contributed by atoms with Gasteiger partial charge in [-0.15, -0.1) is 0 Å². The lowest BCUT2D eigenvalue weighted by Gasteiger charge is -2.39. The Labute approximate surface area is 178 Å². The third-order valence-corrected chi connectivity index (χ3v) is 4.50. The Morgan fingerprint density at radius 2 is 1.71 bits per heavy atom. The highest BCUT2D eigenvalue weighted by molar-refractivity contribution is 5.83. The van der Waals surface area contributed by atoms with Gasteiger partial charge in [-0.3, -0.25) is 4.79 Å². The molecule has 166 valence electrons. The van der Waals surface area contributed by atoms with Crippen LogP contribution in [0, 0.1) is 0 Å². The Kier molecular flexibility index (Phi) is 7.93. The molecule has 0 saturated carbocycles. The van der Waals surface area contributed by atoms with E-state index in [0.717, 1.165) is 0 Å². The summed E-state index contributed by atoms with van der Waals surface area (Å²) in [6.07, 6.45) is -5.35. The maximum Gasteiger partial charge on any atom is 0.277 e. The van der Waals surface area contributed by atoms with Gasteiger partial charge in [-0.25, -0.2) is 5.43 Å². The third kappa shape index (κ3) is 6.23. The second-order valence-electron chi connectivity index (χ2n) is 6.78. The van der Waals surface area contributed by atoms with Crippen LogP contribution in [0.5, 0.6) is 11.5 Å². The van der Waals surface area contributed by atoms with Crippen molar-refractivity contribution in [3.63, 3.8) is 0 Å². The first-order valence-corrected chi connectivity index (χ1v) is 9.55. The lowest BCUT2D eigenvalue weighted by Crippen LogP contribution is -2.60. The fourth-order valence-electron chi connectivity index (χ4n) is 2.81. The van der Waals surface area contributed by atoms with Gasteiger partial charge in [-0.05, 0) is 42.0 Å². The van der Waals surface area contributed by atoms with Crippen molar-refractivity contribution >= 4 is 12.1 Å². The summed E-state index contributed by atoms with van der Waals surface area (Å²) in [5.74, 6) is 0.487. The van der Waals surface area contributed by atoms with Gasteiger partial charge in [-0.2, -0.15) is 5.10 Å². The lowest BCUT2D eigenvalue weighted by atomic mass is 9.99. The molecule has 2 aromatic carbocycles. The topological polar surface area (TPSA) is 150 Å². The molecule has 5 N–H and O–H groups in total. The van der Waals surface area contributed by atoms with Crippen molar-refractivity contribution in [3.8, 4) is 11.5 Å². The first kappa shape index (κ1) is 22.7. The fraction of sp³-hybridized carbons (Fsp3) is 0.333. The van der Waals surface area contributed by atoms with Crippen LogP contribution in [0.2, 0.25) is 0 Å². The molecule has 1 saturated heterocycles. The van der Waals surface area contributed by atoms with Crippen LogP contribution in [0.1, 0.15) is 5.56 Å². The molecular formula is C21H24N2O8. The van der Waals surface area contributed by atoms with E-state index in [4.69, 9.17) is 14.2 Å². The number of hydrazone groups is 1. The molecule has 0 aliphatic carbocycles. The number of hydrogen-bond donors (Lipinski definition) is 5. The van der Waals surface area contributed by atoms with Gasteiger partial charge in [0.25, 0.3) is 5.91 Å². The number of aliphatic hydroxyl groups is 4. The molecule has 10 nitrogen and oxygen atoms in total. The van der Waals surface area contributed by atoms with Crippen LogP contribution in [0.3, 0.4) is 0 Å². The zero-order chi connectivity index (χ0) is 22.2. The van der Waals surface area contributed by atoms with Crippen LogP contribution in [0.25, 0.3) is 0 Å². The molecule has 1 fully saturated rings. The lowest BCUT2D eigenvalue weighted by molar-refractivity contribution is -0.277. The van der Waals surface area contributed by atoms with Gasteiger partial charge in [0.2, 0.25) is 6.29 Å². The number of ether oxygens (including phenoxy) is 3. The minimum Gasteiger partial charge on any atom is -0.484 e. The number of aliphatic hydroxyl groups excluding tert-OH is 4. The molecule has 1 aliphatic heterocycles. The summed E-state index contributed by atoms with van der Waals surface area (Å²) in [6, 6.07) is 15.4. The Bertz CT molecular complexity index is 859. The van der Waals surface area contributed by atoms with E-state index in [1.807, 2.05) is 6.07 Å². The van der Waals surface area contributed by atoms with Crippen molar-refractivity contribution in [2.45, 2.75) is 30.7 Å². The van der Waals surface area contributed by atoms with E-state index in [9.17, 15) is 25.2 Å². The van der Waals surface area contributed by atoms with E-state index in [1.165, 1.54) is 6.21 Å². The van der Waals surface area contributed by atoms with E-state index in [-0.39, 0.29) is 6.61 Å². The van der Waals surface area contributed by atoms with E-state index in [2.05, 4.69) is 10.5 Å². The molecule has 0 bridgehead atoms. The third-order valence-electron chi connectivity index (χ3n) is 4.50. The number of nitrogens with one attached hydrogen (secondary N) is 1. The summed E-state index contributed by atoms with van der Waals surface area (Å²) in [4.78, 5) is 11.8. The summed E-state index contributed by atoms with van der Waals surface area (Å²) >= 11 is 0. The number of benzene rings is 2. The number of hydrogen-bond acceptors (Lipinski definition) is 9. The molecule has 0 spiro atoms. The highest BCUT2D eigenvalue weighted by Gasteiger charge is 2.44. The largest absolute Gasteiger partial charge is 0.484 e. The number of nitrogens with zero attached hydrogens (tertiary/aromatic N) is 1. The Hall–Kier alpha value is -3.02. The van der Waals surface area contributed by atoms with Crippen molar-refractivity contribution in [2.75, 3.05) is 13.2 Å². The molecule has 0 radical (unpaired) electrons. The fourth-order valence-corrected chi connectivity index (χ4v) is 2.81. The molecule has 1 amide bonds. The number of amides is 1. The van der Waals surface area contributed by atoms with Crippen LogP contribution in [-0.2, 0) is 9.53 Å². The quantitative estimate of drug-likeness (QED) is 0.274. The van der Waals surface area contributed by atoms with E-state index < -0.39 is 43.2 Å². The monoisotopic (exact) mass is 432 g/mol. The minimum atomic E-state index is -1.52. The summed E-state index contributed by atoms with van der Waals surface area (Å²) in [5.41, 5.74) is 3.01. The molecule has 31 heavy (non-hydrogen) atoms. The van der Waals surface area contributed by atoms with Crippen molar-refractivity contribution in [1.82, 2.24) is 5.43 Å². The first-order chi connectivity index (χ1) is 15.0. The number of rotatable bonds is 8.